The lowest BCUT2D eigenvalue weighted by Gasteiger charge is -2.39. The van der Waals surface area contributed by atoms with Crippen LogP contribution in [0.1, 0.15) is 35.3 Å². The predicted molar refractivity (Wildman–Crippen MR) is 148 cm³/mol. The molecule has 0 spiro atoms. The topological polar surface area (TPSA) is 114 Å². The summed E-state index contributed by atoms with van der Waals surface area (Å²) in [4.78, 5) is 17.8. The van der Waals surface area contributed by atoms with Crippen LogP contribution in [0.3, 0.4) is 0 Å². The number of aliphatic imine (C=N–C) groups is 1. The van der Waals surface area contributed by atoms with Crippen molar-refractivity contribution in [3.63, 3.8) is 0 Å². The zero-order chi connectivity index (χ0) is 28.8. The van der Waals surface area contributed by atoms with E-state index in [-0.39, 0.29) is 28.9 Å². The molecule has 3 aromatic carbocycles. The van der Waals surface area contributed by atoms with Gasteiger partial charge in [0.25, 0.3) is 0 Å². The number of carboxylic acid groups (broad SMARTS) is 1. The smallest absolute Gasteiger partial charge is 0.335 e. The Balaban J connectivity index is 1.51. The number of carbonyl (C=O) groups is 1. The average Bonchev–Trinajstić information content (AvgIpc) is 3.52. The number of anilines is 2. The molecule has 0 saturated carbocycles. The summed E-state index contributed by atoms with van der Waals surface area (Å²) in [5.74, 6) is -3.74. The van der Waals surface area contributed by atoms with E-state index < -0.39 is 34.4 Å². The highest BCUT2D eigenvalue weighted by Crippen LogP contribution is 2.41. The summed E-state index contributed by atoms with van der Waals surface area (Å²) in [6.45, 7) is 4.39. The number of aromatic carboxylic acids is 1. The predicted octanol–water partition coefficient (Wildman–Crippen LogP) is 5.99. The summed E-state index contributed by atoms with van der Waals surface area (Å²) in [6.07, 6.45) is 0. The molecule has 3 N–H and O–H groups in total. The zero-order valence-electron chi connectivity index (χ0n) is 21.7. The van der Waals surface area contributed by atoms with E-state index in [0.717, 1.165) is 29.5 Å². The molecule has 4 aromatic rings. The van der Waals surface area contributed by atoms with Crippen LogP contribution in [0.4, 0.5) is 24.7 Å². The number of nitrogen functional groups attached to an aromatic ring is 1. The normalized spacial score (nSPS) is 15.5. The lowest BCUT2D eigenvalue weighted by molar-refractivity contribution is 0.0695. The standard InChI is InChI=1S/C28H25F3N4O4S/c1-28(2,15-4-7-22-17(10-15)25(32)34-39-22)24-12-33-27(35(24)16-5-6-19(29)23(11-16)38-3)40-13-18-20(30)8-14(26(36)37)9-21(18)31/h4-11,24H,12-13H2,1-3H3,(H2,32,34)(H,36,37). The number of ether oxygens (including phenoxy) is 1. The van der Waals surface area contributed by atoms with Crippen molar-refractivity contribution in [2.45, 2.75) is 31.1 Å². The second-order valence-corrected chi connectivity index (χ2v) is 10.8. The highest BCUT2D eigenvalue weighted by Gasteiger charge is 2.42. The Hall–Kier alpha value is -4.19. The summed E-state index contributed by atoms with van der Waals surface area (Å²) in [5, 5.41) is 14.0. The fraction of sp³-hybridized carbons (Fsp3) is 0.250. The average molecular weight is 571 g/mol. The van der Waals surface area contributed by atoms with E-state index in [1.807, 2.05) is 30.9 Å². The van der Waals surface area contributed by atoms with Crippen LogP contribution in [0.2, 0.25) is 0 Å². The number of thioether (sulfide) groups is 1. The van der Waals surface area contributed by atoms with Gasteiger partial charge in [-0.1, -0.05) is 36.8 Å². The van der Waals surface area contributed by atoms with Gasteiger partial charge in [0.1, 0.15) is 11.6 Å². The number of carboxylic acids is 1. The van der Waals surface area contributed by atoms with E-state index in [2.05, 4.69) is 5.16 Å². The lowest BCUT2D eigenvalue weighted by Crippen LogP contribution is -2.48. The van der Waals surface area contributed by atoms with Crippen LogP contribution in [-0.4, -0.2) is 41.1 Å². The van der Waals surface area contributed by atoms with Gasteiger partial charge < -0.3 is 25.0 Å². The molecule has 0 amide bonds. The summed E-state index contributed by atoms with van der Waals surface area (Å²) >= 11 is 1.09. The van der Waals surface area contributed by atoms with Crippen LogP contribution in [0.15, 0.2) is 58.0 Å². The van der Waals surface area contributed by atoms with Gasteiger partial charge in [-0.2, -0.15) is 0 Å². The van der Waals surface area contributed by atoms with Crippen molar-refractivity contribution in [3.8, 4) is 5.75 Å². The highest BCUT2D eigenvalue weighted by atomic mass is 32.2. The van der Waals surface area contributed by atoms with Gasteiger partial charge in [-0.25, -0.2) is 18.0 Å². The molecular formula is C28H25F3N4O4S. The van der Waals surface area contributed by atoms with Gasteiger partial charge in [0.05, 0.1) is 30.6 Å². The van der Waals surface area contributed by atoms with Gasteiger partial charge in [0, 0.05) is 28.5 Å². The van der Waals surface area contributed by atoms with Crippen LogP contribution >= 0.6 is 11.8 Å². The number of nitrogens with zero attached hydrogens (tertiary/aromatic N) is 3. The molecule has 2 heterocycles. The van der Waals surface area contributed by atoms with E-state index in [1.54, 1.807) is 18.2 Å². The van der Waals surface area contributed by atoms with Crippen LogP contribution in [-0.2, 0) is 11.2 Å². The van der Waals surface area contributed by atoms with Crippen molar-refractivity contribution in [1.29, 1.82) is 0 Å². The van der Waals surface area contributed by atoms with Gasteiger partial charge in [-0.05, 0) is 42.0 Å². The summed E-state index contributed by atoms with van der Waals surface area (Å²) < 4.78 is 54.1. The summed E-state index contributed by atoms with van der Waals surface area (Å²) in [7, 11) is 1.36. The molecular weight excluding hydrogens is 545 g/mol. The molecule has 40 heavy (non-hydrogen) atoms. The SMILES string of the molecule is COc1cc(N2C(SCc3c(F)cc(C(=O)O)cc3F)=NCC2C(C)(C)c2ccc3onc(N)c3c2)ccc1F. The largest absolute Gasteiger partial charge is 0.494 e. The number of hydrogen-bond donors (Lipinski definition) is 2. The number of aromatic nitrogens is 1. The fourth-order valence-electron chi connectivity index (χ4n) is 4.76. The molecule has 0 fully saturated rings. The van der Waals surface area contributed by atoms with Gasteiger partial charge in [0.2, 0.25) is 0 Å². The maximum absolute atomic E-state index is 14.7. The highest BCUT2D eigenvalue weighted by molar-refractivity contribution is 8.13. The summed E-state index contributed by atoms with van der Waals surface area (Å²) in [5.41, 5.74) is 6.72. The van der Waals surface area contributed by atoms with Crippen LogP contribution < -0.4 is 15.4 Å². The minimum Gasteiger partial charge on any atom is -0.494 e. The molecule has 1 unspecified atom stereocenters. The van der Waals surface area contributed by atoms with Crippen LogP contribution in [0.5, 0.6) is 5.75 Å². The first-order valence-electron chi connectivity index (χ1n) is 12.2. The van der Waals surface area contributed by atoms with Gasteiger partial charge in [0.15, 0.2) is 28.1 Å². The number of rotatable bonds is 7. The van der Waals surface area contributed by atoms with E-state index in [0.29, 0.717) is 28.4 Å². The number of amidine groups is 1. The molecule has 12 heteroatoms. The number of hydrogen-bond acceptors (Lipinski definition) is 8. The van der Waals surface area contributed by atoms with Crippen LogP contribution in [0, 0.1) is 17.5 Å². The van der Waals surface area contributed by atoms with Crippen molar-refractivity contribution in [1.82, 2.24) is 5.16 Å². The van der Waals surface area contributed by atoms with Gasteiger partial charge in [-0.15, -0.1) is 0 Å². The monoisotopic (exact) mass is 570 g/mol. The Morgan fingerprint density at radius 1 is 1.15 bits per heavy atom. The third kappa shape index (κ3) is 4.83. The molecule has 1 aromatic heterocycles. The van der Waals surface area contributed by atoms with E-state index in [9.17, 15) is 18.0 Å². The molecule has 8 nitrogen and oxygen atoms in total. The van der Waals surface area contributed by atoms with E-state index in [1.165, 1.54) is 13.2 Å². The third-order valence-corrected chi connectivity index (χ3v) is 8.16. The van der Waals surface area contributed by atoms with Crippen molar-refractivity contribution in [2.75, 3.05) is 24.3 Å². The fourth-order valence-corrected chi connectivity index (χ4v) is 5.85. The molecule has 1 aliphatic rings. The maximum atomic E-state index is 14.7. The molecule has 1 aliphatic heterocycles. The number of benzene rings is 3. The first kappa shape index (κ1) is 27.4. The Morgan fingerprint density at radius 3 is 2.55 bits per heavy atom. The third-order valence-electron chi connectivity index (χ3n) is 7.14. The molecule has 0 saturated heterocycles. The molecule has 0 bridgehead atoms. The van der Waals surface area contributed by atoms with Gasteiger partial charge >= 0.3 is 5.97 Å². The maximum Gasteiger partial charge on any atom is 0.335 e. The van der Waals surface area contributed by atoms with E-state index >= 15 is 0 Å². The summed E-state index contributed by atoms with van der Waals surface area (Å²) in [6, 6.07) is 11.3. The van der Waals surface area contributed by atoms with Crippen molar-refractivity contribution in [3.05, 3.63) is 82.7 Å². The molecule has 208 valence electrons. The second kappa shape index (κ2) is 10.4. The van der Waals surface area contributed by atoms with Crippen molar-refractivity contribution in [2.24, 2.45) is 4.99 Å². The van der Waals surface area contributed by atoms with Gasteiger partial charge in [-0.3, -0.25) is 4.99 Å². The Labute approximate surface area is 231 Å². The zero-order valence-corrected chi connectivity index (χ0v) is 22.6. The Bertz CT molecular complexity index is 1630. The van der Waals surface area contributed by atoms with Crippen LogP contribution in [0.25, 0.3) is 11.0 Å². The molecule has 1 atom stereocenters. The second-order valence-electron chi connectivity index (χ2n) is 9.84. The first-order chi connectivity index (χ1) is 19.0. The number of fused-ring (bicyclic) bond motifs is 1. The lowest BCUT2D eigenvalue weighted by atomic mass is 9.77. The molecule has 0 aliphatic carbocycles. The Kier molecular flexibility index (Phi) is 7.13. The Morgan fingerprint density at radius 2 is 1.88 bits per heavy atom. The number of halogens is 3. The number of nitrogens with two attached hydrogens (primary N) is 1. The van der Waals surface area contributed by atoms with E-state index in [4.69, 9.17) is 25.1 Å². The molecule has 0 radical (unpaired) electrons. The quantitative estimate of drug-likeness (QED) is 0.279. The minimum atomic E-state index is -1.43. The minimum absolute atomic E-state index is 0.0327. The van der Waals surface area contributed by atoms with Crippen molar-refractivity contribution >= 4 is 45.4 Å². The molecule has 5 rings (SSSR count). The van der Waals surface area contributed by atoms with Crippen molar-refractivity contribution < 1.29 is 32.3 Å². The number of methoxy groups -OCH3 is 1. The first-order valence-corrected chi connectivity index (χ1v) is 13.2.